The molecule has 0 bridgehead atoms. The highest BCUT2D eigenvalue weighted by Crippen LogP contribution is 2.33. The first kappa shape index (κ1) is 24.5. The second-order valence-corrected chi connectivity index (χ2v) is 8.82. The zero-order chi connectivity index (χ0) is 24.8. The van der Waals surface area contributed by atoms with E-state index in [1.165, 1.54) is 24.3 Å². The quantitative estimate of drug-likeness (QED) is 0.615. The number of hydrogen-bond acceptors (Lipinski definition) is 7. The zero-order valence-corrected chi connectivity index (χ0v) is 19.4. The van der Waals surface area contributed by atoms with Crippen molar-refractivity contribution in [3.63, 3.8) is 0 Å². The third-order valence-electron chi connectivity index (χ3n) is 6.52. The van der Waals surface area contributed by atoms with E-state index >= 15 is 0 Å². The number of nitrogens with zero attached hydrogens (tertiary/aromatic N) is 4. The van der Waals surface area contributed by atoms with Crippen molar-refractivity contribution in [2.75, 3.05) is 31.6 Å². The molecule has 0 spiro atoms. The first-order valence-corrected chi connectivity index (χ1v) is 11.8. The lowest BCUT2D eigenvalue weighted by atomic mass is 9.88. The predicted molar refractivity (Wildman–Crippen MR) is 124 cm³/mol. The average molecular weight is 485 g/mol. The van der Waals surface area contributed by atoms with Gasteiger partial charge in [-0.05, 0) is 43.0 Å². The van der Waals surface area contributed by atoms with Gasteiger partial charge in [-0.1, -0.05) is 0 Å². The fourth-order valence-electron chi connectivity index (χ4n) is 4.55. The van der Waals surface area contributed by atoms with Crippen molar-refractivity contribution in [3.05, 3.63) is 41.8 Å². The lowest BCUT2D eigenvalue weighted by molar-refractivity contribution is -0.0138. The molecule has 1 aromatic heterocycles. The molecule has 3 N–H and O–H groups in total. The van der Waals surface area contributed by atoms with E-state index in [0.717, 1.165) is 0 Å². The SMILES string of the molecule is N#CCC(C1CCN(C(=O)OC2CCOCC2)CC1)n1cc(C(N)=O)c(Nc2ccc(F)cc2)n1. The number of likely N-dealkylation sites (tertiary alicyclic amines) is 1. The highest BCUT2D eigenvalue weighted by atomic mass is 19.1. The fraction of sp³-hybridized carbons (Fsp3) is 0.500. The minimum atomic E-state index is -0.665. The minimum absolute atomic E-state index is 0.0704. The van der Waals surface area contributed by atoms with Gasteiger partial charge in [-0.15, -0.1) is 0 Å². The second kappa shape index (κ2) is 11.2. The molecule has 2 fully saturated rings. The monoisotopic (exact) mass is 484 g/mol. The van der Waals surface area contributed by atoms with Gasteiger partial charge >= 0.3 is 6.09 Å². The first-order chi connectivity index (χ1) is 16.9. The lowest BCUT2D eigenvalue weighted by Crippen LogP contribution is -2.42. The molecule has 10 nitrogen and oxygen atoms in total. The number of carbonyl (C=O) groups excluding carboxylic acids is 2. The highest BCUT2D eigenvalue weighted by molar-refractivity contribution is 5.98. The number of carbonyl (C=O) groups is 2. The van der Waals surface area contributed by atoms with E-state index in [2.05, 4.69) is 16.5 Å². The van der Waals surface area contributed by atoms with Gasteiger partial charge in [-0.25, -0.2) is 9.18 Å². The molecule has 4 rings (SSSR count). The number of piperidine rings is 1. The van der Waals surface area contributed by atoms with Crippen LogP contribution in [-0.4, -0.2) is 59.1 Å². The Morgan fingerprint density at radius 3 is 2.54 bits per heavy atom. The Labute approximate surface area is 202 Å². The molecule has 1 unspecified atom stereocenters. The molecule has 0 saturated carbocycles. The number of amides is 2. The molecular formula is C24H29FN6O4. The summed E-state index contributed by atoms with van der Waals surface area (Å²) in [4.78, 5) is 26.3. The predicted octanol–water partition coefficient (Wildman–Crippen LogP) is 3.35. The summed E-state index contributed by atoms with van der Waals surface area (Å²) in [6, 6.07) is 7.56. The zero-order valence-electron chi connectivity index (χ0n) is 19.4. The van der Waals surface area contributed by atoms with E-state index in [4.69, 9.17) is 15.2 Å². The van der Waals surface area contributed by atoms with Crippen LogP contribution in [0.2, 0.25) is 0 Å². The van der Waals surface area contributed by atoms with Crippen LogP contribution < -0.4 is 11.1 Å². The van der Waals surface area contributed by atoms with E-state index in [1.807, 2.05) is 0 Å². The minimum Gasteiger partial charge on any atom is -0.446 e. The van der Waals surface area contributed by atoms with Crippen LogP contribution in [0.3, 0.4) is 0 Å². The van der Waals surface area contributed by atoms with E-state index < -0.39 is 5.91 Å². The van der Waals surface area contributed by atoms with Gasteiger partial charge in [0.15, 0.2) is 5.82 Å². The number of benzene rings is 1. The number of ether oxygens (including phenoxy) is 2. The van der Waals surface area contributed by atoms with Crippen LogP contribution in [0.1, 0.15) is 48.5 Å². The molecule has 11 heteroatoms. The van der Waals surface area contributed by atoms with E-state index in [-0.39, 0.29) is 47.8 Å². The van der Waals surface area contributed by atoms with Crippen LogP contribution in [0.4, 0.5) is 20.7 Å². The summed E-state index contributed by atoms with van der Waals surface area (Å²) in [6.45, 7) is 2.23. The van der Waals surface area contributed by atoms with Crippen LogP contribution in [0.5, 0.6) is 0 Å². The Kier molecular flexibility index (Phi) is 7.82. The van der Waals surface area contributed by atoms with Gasteiger partial charge in [0, 0.05) is 37.8 Å². The van der Waals surface area contributed by atoms with Gasteiger partial charge in [0.2, 0.25) is 0 Å². The number of rotatable bonds is 7. The molecule has 2 aliphatic rings. The van der Waals surface area contributed by atoms with Crippen molar-refractivity contribution in [1.82, 2.24) is 14.7 Å². The van der Waals surface area contributed by atoms with Crippen molar-refractivity contribution in [2.45, 2.75) is 44.2 Å². The molecule has 0 radical (unpaired) electrons. The molecule has 2 aromatic rings. The van der Waals surface area contributed by atoms with Crippen LogP contribution in [0.25, 0.3) is 0 Å². The molecule has 3 heterocycles. The average Bonchev–Trinajstić information content (AvgIpc) is 3.28. The molecule has 2 aliphatic heterocycles. The van der Waals surface area contributed by atoms with E-state index in [1.54, 1.807) is 15.8 Å². The van der Waals surface area contributed by atoms with Crippen LogP contribution >= 0.6 is 0 Å². The smallest absolute Gasteiger partial charge is 0.410 e. The summed E-state index contributed by atoms with van der Waals surface area (Å²) in [5.74, 6) is -0.735. The summed E-state index contributed by atoms with van der Waals surface area (Å²) < 4.78 is 25.8. The summed E-state index contributed by atoms with van der Waals surface area (Å²) >= 11 is 0. The summed E-state index contributed by atoms with van der Waals surface area (Å²) in [6.07, 6.45) is 4.07. The van der Waals surface area contributed by atoms with Crippen molar-refractivity contribution < 1.29 is 23.5 Å². The number of nitriles is 1. The Morgan fingerprint density at radius 1 is 1.23 bits per heavy atom. The van der Waals surface area contributed by atoms with Crippen molar-refractivity contribution in [2.24, 2.45) is 11.7 Å². The van der Waals surface area contributed by atoms with Gasteiger partial charge in [-0.2, -0.15) is 10.4 Å². The Balaban J connectivity index is 1.43. The fourth-order valence-corrected chi connectivity index (χ4v) is 4.55. The second-order valence-electron chi connectivity index (χ2n) is 8.82. The van der Waals surface area contributed by atoms with E-state index in [9.17, 15) is 19.2 Å². The van der Waals surface area contributed by atoms with Crippen molar-refractivity contribution >= 4 is 23.5 Å². The van der Waals surface area contributed by atoms with Gasteiger partial charge in [0.05, 0.1) is 31.7 Å². The maximum absolute atomic E-state index is 13.2. The van der Waals surface area contributed by atoms with Crippen molar-refractivity contribution in [1.29, 1.82) is 5.26 Å². The normalized spacial score (nSPS) is 18.0. The molecule has 35 heavy (non-hydrogen) atoms. The number of primary amides is 1. The third-order valence-corrected chi connectivity index (χ3v) is 6.52. The number of aromatic nitrogens is 2. The molecule has 1 aromatic carbocycles. The Morgan fingerprint density at radius 2 is 1.91 bits per heavy atom. The maximum Gasteiger partial charge on any atom is 0.410 e. The van der Waals surface area contributed by atoms with Gasteiger partial charge < -0.3 is 25.4 Å². The molecule has 2 saturated heterocycles. The Bertz CT molecular complexity index is 1070. The largest absolute Gasteiger partial charge is 0.446 e. The summed E-state index contributed by atoms with van der Waals surface area (Å²) in [5, 5.41) is 17.0. The molecule has 186 valence electrons. The molecule has 0 aliphatic carbocycles. The highest BCUT2D eigenvalue weighted by Gasteiger charge is 2.32. The van der Waals surface area contributed by atoms with Crippen molar-refractivity contribution in [3.8, 4) is 6.07 Å². The van der Waals surface area contributed by atoms with Crippen LogP contribution in [0, 0.1) is 23.1 Å². The molecule has 1 atom stereocenters. The number of nitrogens with one attached hydrogen (secondary N) is 1. The van der Waals surface area contributed by atoms with Crippen LogP contribution in [-0.2, 0) is 9.47 Å². The third kappa shape index (κ3) is 6.08. The number of hydrogen-bond donors (Lipinski definition) is 2. The number of anilines is 2. The van der Waals surface area contributed by atoms with Crippen LogP contribution in [0.15, 0.2) is 30.5 Å². The topological polar surface area (TPSA) is 136 Å². The molecule has 2 amide bonds. The summed E-state index contributed by atoms with van der Waals surface area (Å²) in [7, 11) is 0. The standard InChI is InChI=1S/C24H29FN6O4/c25-17-1-3-18(4-2-17)28-23-20(22(27)32)15-31(29-23)21(5-10-26)16-6-11-30(12-7-16)24(33)35-19-8-13-34-14-9-19/h1-4,15-16,19,21H,5-9,11-14H2,(H2,27,32)(H,28,29). The van der Waals surface area contributed by atoms with E-state index in [0.29, 0.717) is 57.7 Å². The summed E-state index contributed by atoms with van der Waals surface area (Å²) in [5.41, 5.74) is 6.29. The Hall–Kier alpha value is -3.65. The van der Waals surface area contributed by atoms with Gasteiger partial charge in [0.1, 0.15) is 17.5 Å². The molecular weight excluding hydrogens is 455 g/mol. The first-order valence-electron chi connectivity index (χ1n) is 11.8. The maximum atomic E-state index is 13.2. The van der Waals surface area contributed by atoms with Gasteiger partial charge in [-0.3, -0.25) is 9.48 Å². The number of halogens is 1. The number of nitrogens with two attached hydrogens (primary N) is 1. The van der Waals surface area contributed by atoms with Gasteiger partial charge in [0.25, 0.3) is 5.91 Å². The lowest BCUT2D eigenvalue weighted by Gasteiger charge is -2.35.